The minimum absolute atomic E-state index is 0.0813. The Kier molecular flexibility index (Phi) is 4.48. The summed E-state index contributed by atoms with van der Waals surface area (Å²) in [7, 11) is -3.86. The summed E-state index contributed by atoms with van der Waals surface area (Å²) in [5.41, 5.74) is 0.347. The van der Waals surface area contributed by atoms with E-state index in [1.165, 1.54) is 24.3 Å². The highest BCUT2D eigenvalue weighted by atomic mass is 35.5. The first kappa shape index (κ1) is 14.2. The molecule has 5 nitrogen and oxygen atoms in total. The lowest BCUT2D eigenvalue weighted by molar-refractivity contribution is 0.0981. The number of nitrogens with one attached hydrogen (secondary N) is 1. The zero-order chi connectivity index (χ0) is 13.8. The lowest BCUT2D eigenvalue weighted by Crippen LogP contribution is -2.32. The van der Waals surface area contributed by atoms with E-state index in [1.807, 2.05) is 10.8 Å². The van der Waals surface area contributed by atoms with Gasteiger partial charge in [-0.05, 0) is 18.2 Å². The molecule has 1 N–H and O–H groups in total. The average molecular weight is 285 g/mol. The zero-order valence-corrected chi connectivity index (χ0v) is 10.8. The number of carbonyl (C=O) groups excluding carboxylic acids is 1. The van der Waals surface area contributed by atoms with E-state index in [-0.39, 0.29) is 16.2 Å². The van der Waals surface area contributed by atoms with Gasteiger partial charge < -0.3 is 0 Å². The number of amides is 1. The van der Waals surface area contributed by atoms with E-state index in [1.54, 1.807) is 0 Å². The van der Waals surface area contributed by atoms with Gasteiger partial charge in [-0.2, -0.15) is 5.26 Å². The number of sulfonamides is 1. The molecule has 0 unspecified atom stereocenters. The summed E-state index contributed by atoms with van der Waals surface area (Å²) in [6.45, 7) is 3.24. The Morgan fingerprint density at radius 1 is 1.50 bits per heavy atom. The van der Waals surface area contributed by atoms with Gasteiger partial charge in [-0.15, -0.1) is 0 Å². The van der Waals surface area contributed by atoms with Crippen LogP contribution in [0.15, 0.2) is 35.9 Å². The maximum atomic E-state index is 11.6. The normalized spacial score (nSPS) is 10.4. The van der Waals surface area contributed by atoms with Crippen molar-refractivity contribution in [2.45, 2.75) is 0 Å². The molecule has 1 aromatic rings. The Bertz CT molecular complexity index is 632. The van der Waals surface area contributed by atoms with E-state index in [0.29, 0.717) is 0 Å². The van der Waals surface area contributed by atoms with Gasteiger partial charge in [0, 0.05) is 10.6 Å². The van der Waals surface area contributed by atoms with Gasteiger partial charge in [-0.3, -0.25) is 4.79 Å². The standard InChI is InChI=1S/C11H9ClN2O3S/c1-8(12)7-18(16,17)14-11(15)10-4-2-3-9(5-10)6-13/h2-5H,1,7H2,(H,14,15). The first-order valence-electron chi connectivity index (χ1n) is 4.72. The van der Waals surface area contributed by atoms with Gasteiger partial charge in [0.15, 0.2) is 0 Å². The molecule has 0 atom stereocenters. The summed E-state index contributed by atoms with van der Waals surface area (Å²) in [6, 6.07) is 7.54. The number of carbonyl (C=O) groups is 1. The zero-order valence-electron chi connectivity index (χ0n) is 9.18. The number of nitriles is 1. The van der Waals surface area contributed by atoms with Crippen molar-refractivity contribution in [3.8, 4) is 6.07 Å². The molecule has 1 amide bonds. The summed E-state index contributed by atoms with van der Waals surface area (Å²) in [5, 5.41) is 8.57. The molecule has 0 bridgehead atoms. The van der Waals surface area contributed by atoms with Gasteiger partial charge in [0.2, 0.25) is 10.0 Å². The summed E-state index contributed by atoms with van der Waals surface area (Å²) >= 11 is 5.37. The second kappa shape index (κ2) is 5.67. The largest absolute Gasteiger partial charge is 0.268 e. The van der Waals surface area contributed by atoms with Gasteiger partial charge >= 0.3 is 0 Å². The maximum absolute atomic E-state index is 11.6. The summed E-state index contributed by atoms with van der Waals surface area (Å²) in [5.74, 6) is -1.36. The number of hydrogen-bond donors (Lipinski definition) is 1. The van der Waals surface area contributed by atoms with Crippen LogP contribution in [0.25, 0.3) is 0 Å². The molecular weight excluding hydrogens is 276 g/mol. The van der Waals surface area contributed by atoms with Gasteiger partial charge in [0.1, 0.15) is 5.75 Å². The third-order valence-corrected chi connectivity index (χ3v) is 3.37. The van der Waals surface area contributed by atoms with Crippen LogP contribution in [0.1, 0.15) is 15.9 Å². The van der Waals surface area contributed by atoms with Crippen molar-refractivity contribution in [2.24, 2.45) is 0 Å². The number of halogens is 1. The van der Waals surface area contributed by atoms with E-state index < -0.39 is 21.7 Å². The summed E-state index contributed by atoms with van der Waals surface area (Å²) < 4.78 is 24.7. The minimum atomic E-state index is -3.86. The van der Waals surface area contributed by atoms with Crippen LogP contribution in [0, 0.1) is 11.3 Å². The van der Waals surface area contributed by atoms with Gasteiger partial charge in [0.25, 0.3) is 5.91 Å². The molecule has 0 saturated carbocycles. The number of hydrogen-bond acceptors (Lipinski definition) is 4. The van der Waals surface area contributed by atoms with Gasteiger partial charge in [-0.1, -0.05) is 24.2 Å². The predicted molar refractivity (Wildman–Crippen MR) is 67.4 cm³/mol. The van der Waals surface area contributed by atoms with Crippen LogP contribution in [0.3, 0.4) is 0 Å². The Balaban J connectivity index is 2.89. The van der Waals surface area contributed by atoms with E-state index in [9.17, 15) is 13.2 Å². The second-order valence-electron chi connectivity index (χ2n) is 3.40. The molecule has 0 aliphatic carbocycles. The molecular formula is C11H9ClN2O3S. The molecule has 0 saturated heterocycles. The lowest BCUT2D eigenvalue weighted by atomic mass is 10.1. The van der Waals surface area contributed by atoms with Crippen LogP contribution >= 0.6 is 11.6 Å². The van der Waals surface area contributed by atoms with Gasteiger partial charge in [-0.25, -0.2) is 13.1 Å². The van der Waals surface area contributed by atoms with Gasteiger partial charge in [0.05, 0.1) is 11.6 Å². The molecule has 0 aromatic heterocycles. The van der Waals surface area contributed by atoms with Crippen LogP contribution in [0.5, 0.6) is 0 Å². The molecule has 0 aliphatic rings. The molecule has 0 fully saturated rings. The SMILES string of the molecule is C=C(Cl)CS(=O)(=O)NC(=O)c1cccc(C#N)c1. The van der Waals surface area contributed by atoms with E-state index in [4.69, 9.17) is 16.9 Å². The molecule has 0 spiro atoms. The minimum Gasteiger partial charge on any atom is -0.268 e. The van der Waals surface area contributed by atoms with E-state index in [2.05, 4.69) is 6.58 Å². The molecule has 0 radical (unpaired) electrons. The van der Waals surface area contributed by atoms with E-state index >= 15 is 0 Å². The third kappa shape index (κ3) is 4.20. The number of benzene rings is 1. The van der Waals surface area contributed by atoms with Crippen LogP contribution in [-0.4, -0.2) is 20.1 Å². The fourth-order valence-corrected chi connectivity index (χ4v) is 2.49. The van der Waals surface area contributed by atoms with Crippen LogP contribution in [-0.2, 0) is 10.0 Å². The van der Waals surface area contributed by atoms with Crippen molar-refractivity contribution >= 4 is 27.5 Å². The highest BCUT2D eigenvalue weighted by Crippen LogP contribution is 2.06. The Labute approximate surface area is 110 Å². The summed E-state index contributed by atoms with van der Waals surface area (Å²) in [6.07, 6.45) is 0. The Morgan fingerprint density at radius 3 is 2.72 bits per heavy atom. The molecule has 0 aliphatic heterocycles. The summed E-state index contributed by atoms with van der Waals surface area (Å²) in [4.78, 5) is 11.6. The van der Waals surface area contributed by atoms with Crippen LogP contribution in [0.4, 0.5) is 0 Å². The average Bonchev–Trinajstić information content (AvgIpc) is 2.26. The van der Waals surface area contributed by atoms with Crippen molar-refractivity contribution in [1.29, 1.82) is 5.26 Å². The molecule has 94 valence electrons. The lowest BCUT2D eigenvalue weighted by Gasteiger charge is -2.05. The molecule has 1 aromatic carbocycles. The quantitative estimate of drug-likeness (QED) is 0.904. The number of rotatable bonds is 4. The Morgan fingerprint density at radius 2 is 2.17 bits per heavy atom. The highest BCUT2D eigenvalue weighted by Gasteiger charge is 2.16. The molecule has 7 heteroatoms. The van der Waals surface area contributed by atoms with Crippen LogP contribution < -0.4 is 4.72 Å². The maximum Gasteiger partial charge on any atom is 0.264 e. The molecule has 1 rings (SSSR count). The van der Waals surface area contributed by atoms with Crippen molar-refractivity contribution in [3.05, 3.63) is 47.0 Å². The fraction of sp³-hybridized carbons (Fsp3) is 0.0909. The van der Waals surface area contributed by atoms with Crippen molar-refractivity contribution in [1.82, 2.24) is 4.72 Å². The topological polar surface area (TPSA) is 87.0 Å². The van der Waals surface area contributed by atoms with Crippen LogP contribution in [0.2, 0.25) is 0 Å². The van der Waals surface area contributed by atoms with Crippen molar-refractivity contribution in [3.63, 3.8) is 0 Å². The number of nitrogens with zero attached hydrogens (tertiary/aromatic N) is 1. The molecule has 18 heavy (non-hydrogen) atoms. The second-order valence-corrected chi connectivity index (χ2v) is 5.66. The molecule has 0 heterocycles. The first-order chi connectivity index (χ1) is 8.34. The highest BCUT2D eigenvalue weighted by molar-refractivity contribution is 7.90. The smallest absolute Gasteiger partial charge is 0.264 e. The third-order valence-electron chi connectivity index (χ3n) is 1.85. The van der Waals surface area contributed by atoms with Crippen molar-refractivity contribution in [2.75, 3.05) is 5.75 Å². The predicted octanol–water partition coefficient (Wildman–Crippen LogP) is 1.37. The van der Waals surface area contributed by atoms with Crippen molar-refractivity contribution < 1.29 is 13.2 Å². The van der Waals surface area contributed by atoms with E-state index in [0.717, 1.165) is 0 Å². The fourth-order valence-electron chi connectivity index (χ4n) is 1.17. The monoisotopic (exact) mass is 284 g/mol. The Hall–Kier alpha value is -1.84. The first-order valence-corrected chi connectivity index (χ1v) is 6.75.